The minimum atomic E-state index is -1.37. The zero-order valence-electron chi connectivity index (χ0n) is 29.4. The summed E-state index contributed by atoms with van der Waals surface area (Å²) in [5.74, 6) is 0.0557. The molecule has 0 atom stereocenters. The lowest BCUT2D eigenvalue weighted by Crippen LogP contribution is -2.44. The second kappa shape index (κ2) is 31.8. The Kier molecular flexibility index (Phi) is 30.1. The minimum Gasteiger partial charge on any atom is -0.465 e. The summed E-state index contributed by atoms with van der Waals surface area (Å²) < 4.78 is 26.6. The second-order valence-corrected chi connectivity index (χ2v) is 14.1. The molecule has 0 heterocycles. The van der Waals surface area contributed by atoms with Crippen molar-refractivity contribution in [2.24, 2.45) is 5.41 Å². The predicted octanol–water partition coefficient (Wildman–Crippen LogP) is 7.42. The first-order valence-corrected chi connectivity index (χ1v) is 19.7. The number of ether oxygens (including phenoxy) is 5. The van der Waals surface area contributed by atoms with E-state index in [4.69, 9.17) is 23.7 Å². The monoisotopic (exact) mass is 716 g/mol. The van der Waals surface area contributed by atoms with Gasteiger partial charge in [-0.05, 0) is 24.3 Å². The molecular formula is C36H60O10S2. The molecule has 0 bridgehead atoms. The minimum absolute atomic E-state index is 0.174. The zero-order valence-corrected chi connectivity index (χ0v) is 31.1. The number of hydrogen-bond acceptors (Lipinski definition) is 12. The van der Waals surface area contributed by atoms with Gasteiger partial charge in [-0.25, -0.2) is 9.59 Å². The molecule has 12 heteroatoms. The van der Waals surface area contributed by atoms with Crippen LogP contribution in [0.5, 0.6) is 0 Å². The molecule has 0 aliphatic heterocycles. The Hall–Kier alpha value is -2.47. The summed E-state index contributed by atoms with van der Waals surface area (Å²) in [5, 5.41) is 0. The summed E-state index contributed by atoms with van der Waals surface area (Å²) in [6.07, 6.45) is 16.5. The van der Waals surface area contributed by atoms with Gasteiger partial charge in [0.2, 0.25) is 0 Å². The molecule has 0 amide bonds. The van der Waals surface area contributed by atoms with Gasteiger partial charge in [-0.15, -0.1) is 0 Å². The van der Waals surface area contributed by atoms with Gasteiger partial charge in [-0.3, -0.25) is 14.4 Å². The van der Waals surface area contributed by atoms with Gasteiger partial charge in [-0.2, -0.15) is 23.5 Å². The molecule has 0 fully saturated rings. The maximum Gasteiger partial charge on any atom is 0.330 e. The van der Waals surface area contributed by atoms with Crippen LogP contribution in [-0.4, -0.2) is 85.9 Å². The molecule has 0 spiro atoms. The number of carbonyl (C=O) groups is 5. The molecule has 10 nitrogen and oxygen atoms in total. The van der Waals surface area contributed by atoms with Crippen LogP contribution in [0.25, 0.3) is 0 Å². The van der Waals surface area contributed by atoms with Gasteiger partial charge in [0.25, 0.3) is 0 Å². The molecule has 0 N–H and O–H groups in total. The highest BCUT2D eigenvalue weighted by molar-refractivity contribution is 7.99. The third-order valence-electron chi connectivity index (χ3n) is 7.21. The average molecular weight is 717 g/mol. The van der Waals surface area contributed by atoms with E-state index in [1.165, 1.54) is 64.2 Å². The number of carbonyl (C=O) groups excluding carboxylic acids is 5. The lowest BCUT2D eigenvalue weighted by Gasteiger charge is -2.31. The summed E-state index contributed by atoms with van der Waals surface area (Å²) in [5.41, 5.74) is -1.37. The molecule has 48 heavy (non-hydrogen) atoms. The smallest absolute Gasteiger partial charge is 0.330 e. The largest absolute Gasteiger partial charge is 0.465 e. The van der Waals surface area contributed by atoms with E-state index in [-0.39, 0.29) is 52.3 Å². The van der Waals surface area contributed by atoms with E-state index in [1.54, 1.807) is 23.5 Å². The van der Waals surface area contributed by atoms with Gasteiger partial charge in [0.05, 0.1) is 19.3 Å². The van der Waals surface area contributed by atoms with Crippen LogP contribution in [-0.2, 0) is 47.7 Å². The Balaban J connectivity index is 5.17. The standard InChI is InChI=1S/C36H60O10S2/c1-5-9-11-13-15-17-23-47-25-20-34(40)45-29-36(27-43-32(38)8-4,28-44-33(39)19-22-42-31(37)7-3)30-46-35(41)21-26-48-24-18-16-14-12-10-6-2/h7-8H,3-6,9-30H2,1-2H3. The van der Waals surface area contributed by atoms with Crippen LogP contribution >= 0.6 is 23.5 Å². The zero-order chi connectivity index (χ0) is 35.7. The molecule has 0 saturated heterocycles. The Labute approximate surface area is 297 Å². The Morgan fingerprint density at radius 1 is 0.500 bits per heavy atom. The van der Waals surface area contributed by atoms with Crippen molar-refractivity contribution in [2.75, 3.05) is 56.0 Å². The van der Waals surface area contributed by atoms with E-state index in [2.05, 4.69) is 27.0 Å². The summed E-state index contributed by atoms with van der Waals surface area (Å²) in [6.45, 7) is 9.47. The van der Waals surface area contributed by atoms with Crippen LogP contribution in [0.3, 0.4) is 0 Å². The third kappa shape index (κ3) is 27.5. The molecule has 0 aromatic rings. The first-order chi connectivity index (χ1) is 23.2. The molecule has 276 valence electrons. The van der Waals surface area contributed by atoms with E-state index >= 15 is 0 Å². The topological polar surface area (TPSA) is 132 Å². The normalized spacial score (nSPS) is 11.0. The maximum atomic E-state index is 12.7. The maximum absolute atomic E-state index is 12.7. The molecule has 0 aliphatic carbocycles. The van der Waals surface area contributed by atoms with Crippen LogP contribution < -0.4 is 0 Å². The van der Waals surface area contributed by atoms with Crippen molar-refractivity contribution in [1.29, 1.82) is 0 Å². The Morgan fingerprint density at radius 2 is 0.875 bits per heavy atom. The molecular weight excluding hydrogens is 657 g/mol. The fraction of sp³-hybridized carbons (Fsp3) is 0.750. The SMILES string of the molecule is C=CC(=O)OCCC(=O)OCC(COC(=O)C=C)(COC(=O)CCSCCCCCCCC)COC(=O)CCSCCCCCCCC. The fourth-order valence-corrected chi connectivity index (χ4v) is 6.08. The van der Waals surface area contributed by atoms with Crippen molar-refractivity contribution in [1.82, 2.24) is 0 Å². The molecule has 0 aliphatic rings. The van der Waals surface area contributed by atoms with Crippen molar-refractivity contribution in [3.63, 3.8) is 0 Å². The number of esters is 5. The highest BCUT2D eigenvalue weighted by atomic mass is 32.2. The van der Waals surface area contributed by atoms with Crippen LogP contribution in [0.4, 0.5) is 0 Å². The van der Waals surface area contributed by atoms with Crippen LogP contribution in [0.15, 0.2) is 25.3 Å². The van der Waals surface area contributed by atoms with Gasteiger partial charge in [0, 0.05) is 23.7 Å². The highest BCUT2D eigenvalue weighted by Gasteiger charge is 2.38. The quantitative estimate of drug-likeness (QED) is 0.0290. The molecule has 0 rings (SSSR count). The van der Waals surface area contributed by atoms with Crippen molar-refractivity contribution in [2.45, 2.75) is 110 Å². The second-order valence-electron chi connectivity index (χ2n) is 11.7. The van der Waals surface area contributed by atoms with Gasteiger partial charge < -0.3 is 23.7 Å². The summed E-state index contributed by atoms with van der Waals surface area (Å²) in [7, 11) is 0. The van der Waals surface area contributed by atoms with Crippen LogP contribution in [0, 0.1) is 5.41 Å². The molecule has 0 unspecified atom stereocenters. The average Bonchev–Trinajstić information content (AvgIpc) is 3.09. The van der Waals surface area contributed by atoms with Crippen molar-refractivity contribution >= 4 is 53.4 Å². The van der Waals surface area contributed by atoms with Gasteiger partial charge in [0.15, 0.2) is 0 Å². The van der Waals surface area contributed by atoms with Gasteiger partial charge in [-0.1, -0.05) is 91.2 Å². The Bertz CT molecular complexity index is 886. The van der Waals surface area contributed by atoms with Gasteiger partial charge in [0.1, 0.15) is 38.4 Å². The lowest BCUT2D eigenvalue weighted by atomic mass is 9.92. The highest BCUT2D eigenvalue weighted by Crippen LogP contribution is 2.23. The van der Waals surface area contributed by atoms with Crippen molar-refractivity contribution in [3.8, 4) is 0 Å². The lowest BCUT2D eigenvalue weighted by molar-refractivity contribution is -0.169. The van der Waals surface area contributed by atoms with Crippen LogP contribution in [0.1, 0.15) is 110 Å². The molecule has 0 aromatic heterocycles. The number of thioether (sulfide) groups is 2. The molecule has 0 saturated carbocycles. The third-order valence-corrected chi connectivity index (χ3v) is 9.35. The van der Waals surface area contributed by atoms with Crippen LogP contribution in [0.2, 0.25) is 0 Å². The van der Waals surface area contributed by atoms with E-state index in [0.717, 1.165) is 36.5 Å². The fourth-order valence-electron chi connectivity index (χ4n) is 4.23. The summed E-state index contributed by atoms with van der Waals surface area (Å²) in [6, 6.07) is 0. The van der Waals surface area contributed by atoms with Crippen molar-refractivity contribution in [3.05, 3.63) is 25.3 Å². The predicted molar refractivity (Wildman–Crippen MR) is 193 cm³/mol. The van der Waals surface area contributed by atoms with E-state index in [0.29, 0.717) is 11.5 Å². The Morgan fingerprint density at radius 3 is 1.31 bits per heavy atom. The van der Waals surface area contributed by atoms with Gasteiger partial charge >= 0.3 is 29.8 Å². The van der Waals surface area contributed by atoms with E-state index in [9.17, 15) is 24.0 Å². The summed E-state index contributed by atoms with van der Waals surface area (Å²) >= 11 is 3.38. The molecule has 0 aromatic carbocycles. The van der Waals surface area contributed by atoms with E-state index < -0.39 is 35.3 Å². The summed E-state index contributed by atoms with van der Waals surface area (Å²) in [4.78, 5) is 61.1. The number of hydrogen-bond donors (Lipinski definition) is 0. The van der Waals surface area contributed by atoms with Crippen molar-refractivity contribution < 1.29 is 47.7 Å². The first kappa shape index (κ1) is 45.5. The molecule has 0 radical (unpaired) electrons. The number of unbranched alkanes of at least 4 members (excludes halogenated alkanes) is 10. The first-order valence-electron chi connectivity index (χ1n) is 17.4. The van der Waals surface area contributed by atoms with E-state index in [1.807, 2.05) is 0 Å². The number of rotatable bonds is 33.